The average molecular weight is 607 g/mol. The van der Waals surface area contributed by atoms with Crippen LogP contribution in [0.4, 0.5) is 5.69 Å². The van der Waals surface area contributed by atoms with Crippen molar-refractivity contribution >= 4 is 50.7 Å². The lowest BCUT2D eigenvalue weighted by Gasteiger charge is -2.33. The second-order valence-electron chi connectivity index (χ2n) is 9.41. The van der Waals surface area contributed by atoms with Crippen molar-refractivity contribution in [2.24, 2.45) is 0 Å². The molecule has 3 rings (SSSR count). The van der Waals surface area contributed by atoms with E-state index in [0.717, 1.165) is 9.87 Å². The van der Waals surface area contributed by atoms with Gasteiger partial charge in [0.15, 0.2) is 0 Å². The summed E-state index contributed by atoms with van der Waals surface area (Å²) in [6.07, 6.45) is 0.314. The zero-order chi connectivity index (χ0) is 29.4. The Morgan fingerprint density at radius 2 is 1.55 bits per heavy atom. The molecule has 0 fully saturated rings. The average Bonchev–Trinajstić information content (AvgIpc) is 2.91. The number of hydrogen-bond donors (Lipinski definition) is 1. The third kappa shape index (κ3) is 7.90. The summed E-state index contributed by atoms with van der Waals surface area (Å²) in [7, 11) is -2.66. The smallest absolute Gasteiger partial charge is 0.264 e. The summed E-state index contributed by atoms with van der Waals surface area (Å²) in [5.74, 6) is -0.260. The van der Waals surface area contributed by atoms with E-state index < -0.39 is 28.5 Å². The molecular weight excluding hydrogens is 573 g/mol. The molecule has 1 N–H and O–H groups in total. The molecule has 0 saturated heterocycles. The molecule has 3 aromatic rings. The maximum absolute atomic E-state index is 14.0. The molecule has 3 aromatic carbocycles. The van der Waals surface area contributed by atoms with Crippen LogP contribution in [0.1, 0.15) is 32.8 Å². The Kier molecular flexibility index (Phi) is 10.8. The SMILES string of the molecule is CC[C@@H](C(=O)NC(C)C)N(Cc1ccc(OC)cc1)C(=O)CN(c1cc(Cl)cc(Cl)c1)S(=O)(=O)c1ccccc1. The van der Waals surface area contributed by atoms with Crippen molar-refractivity contribution in [2.75, 3.05) is 18.0 Å². The number of rotatable bonds is 12. The number of nitrogens with zero attached hydrogens (tertiary/aromatic N) is 2. The van der Waals surface area contributed by atoms with Gasteiger partial charge in [-0.1, -0.05) is 60.5 Å². The van der Waals surface area contributed by atoms with Crippen molar-refractivity contribution < 1.29 is 22.7 Å². The molecule has 0 aliphatic rings. The van der Waals surface area contributed by atoms with E-state index in [9.17, 15) is 18.0 Å². The van der Waals surface area contributed by atoms with E-state index in [1.807, 2.05) is 13.8 Å². The van der Waals surface area contributed by atoms with E-state index in [1.54, 1.807) is 56.5 Å². The fraction of sp³-hybridized carbons (Fsp3) is 0.310. The molecule has 0 aliphatic carbocycles. The van der Waals surface area contributed by atoms with Crippen LogP contribution in [0.25, 0.3) is 0 Å². The number of anilines is 1. The monoisotopic (exact) mass is 605 g/mol. The van der Waals surface area contributed by atoms with Crippen LogP contribution in [0.5, 0.6) is 5.75 Å². The number of ether oxygens (including phenoxy) is 1. The van der Waals surface area contributed by atoms with Crippen LogP contribution in [-0.4, -0.2) is 50.9 Å². The van der Waals surface area contributed by atoms with Crippen LogP contribution in [-0.2, 0) is 26.2 Å². The number of sulfonamides is 1. The molecular formula is C29H33Cl2N3O5S. The molecule has 40 heavy (non-hydrogen) atoms. The van der Waals surface area contributed by atoms with Gasteiger partial charge in [0.1, 0.15) is 18.3 Å². The highest BCUT2D eigenvalue weighted by atomic mass is 35.5. The van der Waals surface area contributed by atoms with Gasteiger partial charge in [-0.05, 0) is 68.3 Å². The molecule has 214 valence electrons. The third-order valence-corrected chi connectivity index (χ3v) is 8.30. The number of benzene rings is 3. The van der Waals surface area contributed by atoms with Gasteiger partial charge in [-0.2, -0.15) is 0 Å². The highest BCUT2D eigenvalue weighted by molar-refractivity contribution is 7.92. The van der Waals surface area contributed by atoms with Crippen LogP contribution < -0.4 is 14.4 Å². The van der Waals surface area contributed by atoms with Gasteiger partial charge in [-0.15, -0.1) is 0 Å². The Hall–Kier alpha value is -3.27. The van der Waals surface area contributed by atoms with E-state index in [2.05, 4.69) is 5.32 Å². The second kappa shape index (κ2) is 13.9. The van der Waals surface area contributed by atoms with E-state index in [0.29, 0.717) is 12.2 Å². The summed E-state index contributed by atoms with van der Waals surface area (Å²) in [5, 5.41) is 3.29. The molecule has 11 heteroatoms. The van der Waals surface area contributed by atoms with Gasteiger partial charge >= 0.3 is 0 Å². The fourth-order valence-corrected chi connectivity index (χ4v) is 6.09. The summed E-state index contributed by atoms with van der Waals surface area (Å²) < 4.78 is 33.9. The van der Waals surface area contributed by atoms with Crippen molar-refractivity contribution in [1.82, 2.24) is 10.2 Å². The fourth-order valence-electron chi connectivity index (χ4n) is 4.16. The summed E-state index contributed by atoms with van der Waals surface area (Å²) in [6.45, 7) is 4.95. The molecule has 0 saturated carbocycles. The molecule has 2 amide bonds. The topological polar surface area (TPSA) is 96.0 Å². The first kappa shape index (κ1) is 31.3. The van der Waals surface area contributed by atoms with Crippen LogP contribution in [0.15, 0.2) is 77.7 Å². The van der Waals surface area contributed by atoms with Crippen LogP contribution in [0.3, 0.4) is 0 Å². The van der Waals surface area contributed by atoms with Gasteiger partial charge in [0, 0.05) is 22.6 Å². The number of amides is 2. The molecule has 8 nitrogen and oxygen atoms in total. The first-order valence-electron chi connectivity index (χ1n) is 12.7. The number of nitrogens with one attached hydrogen (secondary N) is 1. The van der Waals surface area contributed by atoms with Crippen LogP contribution in [0, 0.1) is 0 Å². The predicted molar refractivity (Wildman–Crippen MR) is 158 cm³/mol. The lowest BCUT2D eigenvalue weighted by atomic mass is 10.1. The van der Waals surface area contributed by atoms with Gasteiger partial charge in [-0.25, -0.2) is 8.42 Å². The zero-order valence-electron chi connectivity index (χ0n) is 22.8. The largest absolute Gasteiger partial charge is 0.497 e. The maximum Gasteiger partial charge on any atom is 0.264 e. The zero-order valence-corrected chi connectivity index (χ0v) is 25.1. The van der Waals surface area contributed by atoms with E-state index in [-0.39, 0.29) is 39.1 Å². The van der Waals surface area contributed by atoms with Gasteiger partial charge in [0.25, 0.3) is 10.0 Å². The van der Waals surface area contributed by atoms with E-state index >= 15 is 0 Å². The molecule has 0 aliphatic heterocycles. The molecule has 0 radical (unpaired) electrons. The summed E-state index contributed by atoms with van der Waals surface area (Å²) >= 11 is 12.4. The Bertz CT molecular complexity index is 1400. The van der Waals surface area contributed by atoms with E-state index in [4.69, 9.17) is 27.9 Å². The summed E-state index contributed by atoms with van der Waals surface area (Å²) in [4.78, 5) is 28.6. The minimum atomic E-state index is -4.22. The van der Waals surface area contributed by atoms with Crippen LogP contribution >= 0.6 is 23.2 Å². The van der Waals surface area contributed by atoms with Crippen molar-refractivity contribution in [2.45, 2.75) is 50.7 Å². The summed E-state index contributed by atoms with van der Waals surface area (Å²) in [5.41, 5.74) is 0.868. The molecule has 0 aromatic heterocycles. The quantitative estimate of drug-likeness (QED) is 0.293. The highest BCUT2D eigenvalue weighted by Crippen LogP contribution is 2.30. The van der Waals surface area contributed by atoms with Gasteiger partial charge < -0.3 is 15.0 Å². The van der Waals surface area contributed by atoms with Gasteiger partial charge in [0.05, 0.1) is 17.7 Å². The number of methoxy groups -OCH3 is 1. The van der Waals surface area contributed by atoms with Crippen molar-refractivity contribution in [3.8, 4) is 5.75 Å². The Morgan fingerprint density at radius 1 is 0.950 bits per heavy atom. The van der Waals surface area contributed by atoms with Crippen molar-refractivity contribution in [3.05, 3.63) is 88.4 Å². The van der Waals surface area contributed by atoms with Gasteiger partial charge in [-0.3, -0.25) is 13.9 Å². The molecule has 1 atom stereocenters. The minimum absolute atomic E-state index is 0.00908. The lowest BCUT2D eigenvalue weighted by Crippen LogP contribution is -2.53. The first-order chi connectivity index (χ1) is 19.0. The Morgan fingerprint density at radius 3 is 2.08 bits per heavy atom. The first-order valence-corrected chi connectivity index (χ1v) is 14.9. The normalized spacial score (nSPS) is 12.1. The van der Waals surface area contributed by atoms with Gasteiger partial charge in [0.2, 0.25) is 11.8 Å². The van der Waals surface area contributed by atoms with Crippen molar-refractivity contribution in [3.63, 3.8) is 0 Å². The second-order valence-corrected chi connectivity index (χ2v) is 12.1. The number of halogens is 2. The Labute approximate surface area is 245 Å². The lowest BCUT2D eigenvalue weighted by molar-refractivity contribution is -0.140. The molecule has 0 heterocycles. The molecule has 0 unspecified atom stereocenters. The summed E-state index contributed by atoms with van der Waals surface area (Å²) in [6, 6.07) is 18.2. The van der Waals surface area contributed by atoms with Crippen molar-refractivity contribution in [1.29, 1.82) is 0 Å². The third-order valence-electron chi connectivity index (χ3n) is 6.07. The molecule has 0 spiro atoms. The van der Waals surface area contributed by atoms with E-state index in [1.165, 1.54) is 35.2 Å². The number of carbonyl (C=O) groups excluding carboxylic acids is 2. The van der Waals surface area contributed by atoms with Crippen LogP contribution in [0.2, 0.25) is 10.0 Å². The number of carbonyl (C=O) groups is 2. The maximum atomic E-state index is 14.0. The molecule has 0 bridgehead atoms. The minimum Gasteiger partial charge on any atom is -0.497 e. The Balaban J connectivity index is 2.08. The predicted octanol–water partition coefficient (Wildman–Crippen LogP) is 5.53. The number of hydrogen-bond acceptors (Lipinski definition) is 5. The highest BCUT2D eigenvalue weighted by Gasteiger charge is 2.34. The standard InChI is InChI=1S/C29H33Cl2N3O5S/c1-5-27(29(36)32-20(2)3)33(18-21-11-13-25(39-4)14-12-21)28(35)19-34(24-16-22(30)15-23(31)17-24)40(37,38)26-9-7-6-8-10-26/h6-17,20,27H,5,18-19H2,1-4H3,(H,32,36)/t27-/m0/s1.